The van der Waals surface area contributed by atoms with Gasteiger partial charge in [0, 0.05) is 0 Å². The van der Waals surface area contributed by atoms with E-state index in [0.717, 1.165) is 18.3 Å². The summed E-state index contributed by atoms with van der Waals surface area (Å²) in [5, 5.41) is 2.77. The number of fused-ring (bicyclic) bond motifs is 3. The van der Waals surface area contributed by atoms with Crippen LogP contribution < -0.4 is 0 Å². The van der Waals surface area contributed by atoms with Crippen LogP contribution >= 0.6 is 0 Å². The van der Waals surface area contributed by atoms with Gasteiger partial charge in [0.05, 0.1) is 0 Å². The second-order valence-electron chi connectivity index (χ2n) is 7.62. The largest absolute Gasteiger partial charge is 0.146 e. The van der Waals surface area contributed by atoms with Crippen molar-refractivity contribution in [1.82, 2.24) is 0 Å². The standard InChI is InChI=1S/C21H27B/c1-2-8-19-16-17(13-14-18(19)7-1)6-5-15-22-20-9-3-10-21(22)12-4-11-20/h1-2,7-8,13-14,16,20-21H,3-6,9-12,15H2. The number of hydrogen-bond donors (Lipinski definition) is 0. The zero-order chi connectivity index (χ0) is 14.8. The van der Waals surface area contributed by atoms with E-state index in [4.69, 9.17) is 0 Å². The maximum atomic E-state index is 2.40. The lowest BCUT2D eigenvalue weighted by Crippen LogP contribution is -2.34. The second kappa shape index (κ2) is 6.48. The molecule has 0 N–H and O–H groups in total. The van der Waals surface area contributed by atoms with Gasteiger partial charge in [0.1, 0.15) is 6.71 Å². The van der Waals surface area contributed by atoms with Crippen LogP contribution in [0.25, 0.3) is 10.8 Å². The van der Waals surface area contributed by atoms with Gasteiger partial charge in [0.2, 0.25) is 0 Å². The van der Waals surface area contributed by atoms with Gasteiger partial charge in [-0.25, -0.2) is 0 Å². The van der Waals surface area contributed by atoms with Crippen molar-refractivity contribution in [3.8, 4) is 0 Å². The topological polar surface area (TPSA) is 0 Å². The van der Waals surface area contributed by atoms with Crippen molar-refractivity contribution in [2.75, 3.05) is 0 Å². The molecule has 0 nitrogen and oxygen atoms in total. The highest BCUT2D eigenvalue weighted by Gasteiger charge is 2.38. The first-order valence-corrected chi connectivity index (χ1v) is 9.38. The molecule has 0 aliphatic carbocycles. The quantitative estimate of drug-likeness (QED) is 0.573. The predicted octanol–water partition coefficient (Wildman–Crippen LogP) is 6.38. The van der Waals surface area contributed by atoms with Crippen LogP contribution in [0, 0.1) is 0 Å². The van der Waals surface area contributed by atoms with Gasteiger partial charge in [0.25, 0.3) is 0 Å². The van der Waals surface area contributed by atoms with E-state index in [9.17, 15) is 0 Å². The van der Waals surface area contributed by atoms with Gasteiger partial charge < -0.3 is 0 Å². The summed E-state index contributed by atoms with van der Waals surface area (Å²) in [7, 11) is 0. The highest BCUT2D eigenvalue weighted by molar-refractivity contribution is 6.62. The summed E-state index contributed by atoms with van der Waals surface area (Å²) < 4.78 is 0. The minimum atomic E-state index is 1.06. The molecule has 0 atom stereocenters. The molecule has 2 heterocycles. The van der Waals surface area contributed by atoms with Crippen molar-refractivity contribution in [2.24, 2.45) is 0 Å². The van der Waals surface area contributed by atoms with E-state index in [1.807, 2.05) is 0 Å². The molecule has 0 unspecified atom stereocenters. The molecule has 0 aromatic heterocycles. The molecule has 0 radical (unpaired) electrons. The Balaban J connectivity index is 1.37. The summed E-state index contributed by atoms with van der Waals surface area (Å²) in [4.78, 5) is 0. The average Bonchev–Trinajstić information content (AvgIpc) is 2.54. The number of rotatable bonds is 4. The lowest BCUT2D eigenvalue weighted by molar-refractivity contribution is 0.440. The molecule has 0 amide bonds. The highest BCUT2D eigenvalue weighted by Crippen LogP contribution is 2.48. The molecule has 1 heteroatoms. The van der Waals surface area contributed by atoms with Crippen LogP contribution in [0.5, 0.6) is 0 Å². The molecule has 114 valence electrons. The van der Waals surface area contributed by atoms with Crippen molar-refractivity contribution >= 4 is 17.5 Å². The summed E-state index contributed by atoms with van der Waals surface area (Å²) in [5.41, 5.74) is 1.53. The fraction of sp³-hybridized carbons (Fsp3) is 0.524. The Morgan fingerprint density at radius 3 is 2.23 bits per heavy atom. The van der Waals surface area contributed by atoms with E-state index in [1.165, 1.54) is 74.0 Å². The fourth-order valence-corrected chi connectivity index (χ4v) is 5.22. The molecular weight excluding hydrogens is 263 g/mol. The first-order chi connectivity index (χ1) is 10.9. The summed E-state index contributed by atoms with van der Waals surface area (Å²) >= 11 is 0. The molecule has 4 rings (SSSR count). The first kappa shape index (κ1) is 14.4. The molecule has 2 saturated heterocycles. The Labute approximate surface area is 135 Å². The van der Waals surface area contributed by atoms with Crippen LogP contribution in [0.2, 0.25) is 18.0 Å². The molecule has 2 aromatic rings. The molecule has 2 bridgehead atoms. The summed E-state index contributed by atoms with van der Waals surface area (Å²) in [6.45, 7) is 1.06. The summed E-state index contributed by atoms with van der Waals surface area (Å²) in [5.74, 6) is 2.15. The van der Waals surface area contributed by atoms with Gasteiger partial charge in [0.15, 0.2) is 0 Å². The van der Waals surface area contributed by atoms with Gasteiger partial charge in [-0.3, -0.25) is 0 Å². The van der Waals surface area contributed by atoms with Gasteiger partial charge in [-0.2, -0.15) is 0 Å². The molecule has 0 saturated carbocycles. The Morgan fingerprint density at radius 1 is 0.818 bits per heavy atom. The van der Waals surface area contributed by atoms with Gasteiger partial charge in [-0.15, -0.1) is 0 Å². The molecule has 2 aliphatic heterocycles. The Bertz CT molecular complexity index is 611. The second-order valence-corrected chi connectivity index (χ2v) is 7.62. The van der Waals surface area contributed by atoms with Crippen LogP contribution in [0.3, 0.4) is 0 Å². The van der Waals surface area contributed by atoms with Crippen molar-refractivity contribution in [3.63, 3.8) is 0 Å². The van der Waals surface area contributed by atoms with E-state index in [1.54, 1.807) is 0 Å². The molecule has 22 heavy (non-hydrogen) atoms. The van der Waals surface area contributed by atoms with Gasteiger partial charge in [-0.1, -0.05) is 105 Å². The lowest BCUT2D eigenvalue weighted by atomic mass is 9.26. The van der Waals surface area contributed by atoms with E-state index in [-0.39, 0.29) is 0 Å². The Hall–Kier alpha value is -1.24. The smallest absolute Gasteiger partial charge is 0.0734 e. The third kappa shape index (κ3) is 2.96. The van der Waals surface area contributed by atoms with Crippen molar-refractivity contribution < 1.29 is 0 Å². The maximum absolute atomic E-state index is 2.40. The fourth-order valence-electron chi connectivity index (χ4n) is 5.22. The van der Waals surface area contributed by atoms with Crippen LogP contribution in [0.1, 0.15) is 50.5 Å². The van der Waals surface area contributed by atoms with E-state index >= 15 is 0 Å². The minimum Gasteiger partial charge on any atom is -0.0734 e. The normalized spacial score (nSPS) is 24.6. The molecule has 2 aliphatic rings. The zero-order valence-corrected chi connectivity index (χ0v) is 13.6. The zero-order valence-electron chi connectivity index (χ0n) is 13.6. The van der Waals surface area contributed by atoms with E-state index in [2.05, 4.69) is 42.5 Å². The highest BCUT2D eigenvalue weighted by atomic mass is 14.2. The minimum absolute atomic E-state index is 1.06. The van der Waals surface area contributed by atoms with Crippen molar-refractivity contribution in [2.45, 2.75) is 69.3 Å². The maximum Gasteiger partial charge on any atom is 0.146 e. The Morgan fingerprint density at radius 2 is 1.50 bits per heavy atom. The van der Waals surface area contributed by atoms with Gasteiger partial charge >= 0.3 is 0 Å². The predicted molar refractivity (Wildman–Crippen MR) is 98.0 cm³/mol. The molecule has 0 spiro atoms. The van der Waals surface area contributed by atoms with Crippen LogP contribution in [-0.2, 0) is 6.42 Å². The van der Waals surface area contributed by atoms with Crippen molar-refractivity contribution in [1.29, 1.82) is 0 Å². The van der Waals surface area contributed by atoms with Crippen LogP contribution in [0.15, 0.2) is 42.5 Å². The van der Waals surface area contributed by atoms with E-state index < -0.39 is 0 Å². The van der Waals surface area contributed by atoms with E-state index in [0.29, 0.717) is 0 Å². The third-order valence-electron chi connectivity index (χ3n) is 6.33. The number of aryl methyl sites for hydroxylation is 1. The van der Waals surface area contributed by atoms with Crippen LogP contribution in [-0.4, -0.2) is 6.71 Å². The SMILES string of the molecule is c1ccc2cc(CCCB3C4CCCC3CCC4)ccc2c1. The summed E-state index contributed by atoms with van der Waals surface area (Å²) in [6.07, 6.45) is 13.2. The molecule has 2 aromatic carbocycles. The first-order valence-electron chi connectivity index (χ1n) is 9.38. The number of hydrogen-bond acceptors (Lipinski definition) is 0. The summed E-state index contributed by atoms with van der Waals surface area (Å²) in [6, 6.07) is 15.8. The van der Waals surface area contributed by atoms with Gasteiger partial charge in [-0.05, 0) is 22.8 Å². The molecule has 2 fully saturated rings. The lowest BCUT2D eigenvalue weighted by Gasteiger charge is -2.40. The van der Waals surface area contributed by atoms with Crippen LogP contribution in [0.4, 0.5) is 0 Å². The Kier molecular flexibility index (Phi) is 4.23. The third-order valence-corrected chi connectivity index (χ3v) is 6.33. The molecular formula is C21H27B. The average molecular weight is 290 g/mol. The number of benzene rings is 2. The monoisotopic (exact) mass is 290 g/mol. The van der Waals surface area contributed by atoms with Crippen molar-refractivity contribution in [3.05, 3.63) is 48.0 Å².